The van der Waals surface area contributed by atoms with Crippen molar-refractivity contribution in [2.24, 2.45) is 17.8 Å². The summed E-state index contributed by atoms with van der Waals surface area (Å²) < 4.78 is 5.77. The highest BCUT2D eigenvalue weighted by Crippen LogP contribution is 2.52. The average Bonchev–Trinajstić information content (AvgIpc) is 2.81. The fourth-order valence-electron chi connectivity index (χ4n) is 2.74. The highest BCUT2D eigenvalue weighted by molar-refractivity contribution is 5.17. The van der Waals surface area contributed by atoms with Crippen LogP contribution in [0.5, 0.6) is 0 Å². The summed E-state index contributed by atoms with van der Waals surface area (Å²) in [6.45, 7) is 7.00. The molecule has 1 saturated carbocycles. The Morgan fingerprint density at radius 1 is 1.25 bits per heavy atom. The third kappa shape index (κ3) is 1.74. The Bertz CT molecular complexity index is 377. The van der Waals surface area contributed by atoms with Crippen molar-refractivity contribution >= 4 is 0 Å². The molecule has 2 nitrogen and oxygen atoms in total. The zero-order chi connectivity index (χ0) is 11.0. The molecule has 1 aromatic rings. The highest BCUT2D eigenvalue weighted by Gasteiger charge is 2.54. The summed E-state index contributed by atoms with van der Waals surface area (Å²) in [7, 11) is 0. The Labute approximate surface area is 96.3 Å². The normalized spacial score (nSPS) is 30.9. The monoisotopic (exact) mass is 215 g/mol. The maximum atomic E-state index is 5.77. The van der Waals surface area contributed by atoms with Crippen LogP contribution in [-0.4, -0.2) is 13.1 Å². The van der Waals surface area contributed by atoms with Crippen molar-refractivity contribution in [2.45, 2.75) is 6.61 Å². The van der Waals surface area contributed by atoms with Gasteiger partial charge >= 0.3 is 0 Å². The number of ether oxygens (including phenoxy) is 1. The van der Waals surface area contributed by atoms with E-state index in [0.29, 0.717) is 12.5 Å². The molecule has 0 spiro atoms. The first-order valence-corrected chi connectivity index (χ1v) is 5.92. The number of benzene rings is 1. The van der Waals surface area contributed by atoms with Gasteiger partial charge in [0.05, 0.1) is 5.76 Å². The summed E-state index contributed by atoms with van der Waals surface area (Å²) in [6.07, 6.45) is 0. The van der Waals surface area contributed by atoms with Crippen LogP contribution in [0.1, 0.15) is 5.56 Å². The number of piperidine rings is 1. The van der Waals surface area contributed by atoms with Crippen molar-refractivity contribution in [3.63, 3.8) is 0 Å². The van der Waals surface area contributed by atoms with E-state index in [4.69, 9.17) is 4.74 Å². The van der Waals surface area contributed by atoms with Crippen LogP contribution in [0.3, 0.4) is 0 Å². The fourth-order valence-corrected chi connectivity index (χ4v) is 2.74. The van der Waals surface area contributed by atoms with E-state index in [1.54, 1.807) is 0 Å². The van der Waals surface area contributed by atoms with Gasteiger partial charge in [-0.1, -0.05) is 36.9 Å². The van der Waals surface area contributed by atoms with Gasteiger partial charge in [-0.2, -0.15) is 0 Å². The lowest BCUT2D eigenvalue weighted by Gasteiger charge is -2.11. The number of nitrogens with one attached hydrogen (secondary N) is 1. The maximum Gasteiger partial charge on any atom is 0.113 e. The molecule has 1 aliphatic heterocycles. The van der Waals surface area contributed by atoms with Crippen LogP contribution in [-0.2, 0) is 11.3 Å². The number of hydrogen-bond acceptors (Lipinski definition) is 2. The second-order valence-corrected chi connectivity index (χ2v) is 4.75. The molecule has 1 aromatic carbocycles. The van der Waals surface area contributed by atoms with Crippen LogP contribution in [0.4, 0.5) is 0 Å². The molecule has 1 saturated heterocycles. The molecule has 2 unspecified atom stereocenters. The van der Waals surface area contributed by atoms with Crippen molar-refractivity contribution < 1.29 is 4.74 Å². The van der Waals surface area contributed by atoms with Crippen molar-refractivity contribution in [1.82, 2.24) is 5.32 Å². The third-order valence-corrected chi connectivity index (χ3v) is 3.73. The molecule has 0 aromatic heterocycles. The zero-order valence-corrected chi connectivity index (χ0v) is 9.36. The summed E-state index contributed by atoms with van der Waals surface area (Å²) in [5.41, 5.74) is 1.22. The Hall–Kier alpha value is -1.28. The first kappa shape index (κ1) is 9.91. The Balaban J connectivity index is 1.51. The fraction of sp³-hybridized carbons (Fsp3) is 0.429. The standard InChI is InChI=1S/C14H17NO/c1-10(14-12-7-15-8-13(12)14)16-9-11-5-3-2-4-6-11/h2-6,12-15H,1,7-9H2. The van der Waals surface area contributed by atoms with Gasteiger partial charge in [-0.05, 0) is 30.5 Å². The molecule has 2 heteroatoms. The second-order valence-electron chi connectivity index (χ2n) is 4.75. The molecule has 84 valence electrons. The van der Waals surface area contributed by atoms with E-state index in [2.05, 4.69) is 24.0 Å². The minimum atomic E-state index is 0.616. The van der Waals surface area contributed by atoms with Gasteiger partial charge in [-0.25, -0.2) is 0 Å². The first-order chi connectivity index (χ1) is 7.86. The van der Waals surface area contributed by atoms with Gasteiger partial charge in [0.1, 0.15) is 6.61 Å². The molecular formula is C14H17NO. The molecule has 0 amide bonds. The summed E-state index contributed by atoms with van der Waals surface area (Å²) in [5, 5.41) is 3.38. The van der Waals surface area contributed by atoms with Crippen molar-refractivity contribution in [3.8, 4) is 0 Å². The van der Waals surface area contributed by atoms with Gasteiger partial charge in [0, 0.05) is 5.92 Å². The average molecular weight is 215 g/mol. The van der Waals surface area contributed by atoms with Crippen LogP contribution in [0.15, 0.2) is 42.7 Å². The van der Waals surface area contributed by atoms with E-state index < -0.39 is 0 Å². The third-order valence-electron chi connectivity index (χ3n) is 3.73. The molecule has 1 heterocycles. The molecule has 3 rings (SSSR count). The lowest BCUT2D eigenvalue weighted by Crippen LogP contribution is -2.15. The molecule has 16 heavy (non-hydrogen) atoms. The van der Waals surface area contributed by atoms with Crippen LogP contribution < -0.4 is 5.32 Å². The smallest absolute Gasteiger partial charge is 0.113 e. The summed E-state index contributed by atoms with van der Waals surface area (Å²) in [6, 6.07) is 10.3. The topological polar surface area (TPSA) is 21.3 Å². The predicted octanol–water partition coefficient (Wildman–Crippen LogP) is 2.18. The van der Waals surface area contributed by atoms with Crippen molar-refractivity contribution in [3.05, 3.63) is 48.2 Å². The van der Waals surface area contributed by atoms with E-state index >= 15 is 0 Å². The van der Waals surface area contributed by atoms with Crippen molar-refractivity contribution in [1.29, 1.82) is 0 Å². The van der Waals surface area contributed by atoms with E-state index in [9.17, 15) is 0 Å². The van der Waals surface area contributed by atoms with Gasteiger partial charge < -0.3 is 10.1 Å². The lowest BCUT2D eigenvalue weighted by molar-refractivity contribution is 0.178. The molecule has 0 bridgehead atoms. The molecule has 2 fully saturated rings. The Morgan fingerprint density at radius 2 is 1.94 bits per heavy atom. The van der Waals surface area contributed by atoms with Crippen molar-refractivity contribution in [2.75, 3.05) is 13.1 Å². The van der Waals surface area contributed by atoms with E-state index in [1.165, 1.54) is 5.56 Å². The number of fused-ring (bicyclic) bond motifs is 1. The van der Waals surface area contributed by atoms with E-state index in [1.807, 2.05) is 18.2 Å². The van der Waals surface area contributed by atoms with E-state index in [-0.39, 0.29) is 0 Å². The van der Waals surface area contributed by atoms with Gasteiger partial charge in [0.15, 0.2) is 0 Å². The molecule has 0 radical (unpaired) electrons. The van der Waals surface area contributed by atoms with Gasteiger partial charge in [0.2, 0.25) is 0 Å². The summed E-state index contributed by atoms with van der Waals surface area (Å²) in [5.74, 6) is 3.19. The van der Waals surface area contributed by atoms with Crippen LogP contribution >= 0.6 is 0 Å². The second kappa shape index (κ2) is 3.95. The first-order valence-electron chi connectivity index (χ1n) is 5.92. The quantitative estimate of drug-likeness (QED) is 0.777. The van der Waals surface area contributed by atoms with Crippen LogP contribution in [0.2, 0.25) is 0 Å². The Morgan fingerprint density at radius 3 is 2.62 bits per heavy atom. The van der Waals surface area contributed by atoms with Gasteiger partial charge in [-0.15, -0.1) is 0 Å². The lowest BCUT2D eigenvalue weighted by atomic mass is 10.2. The van der Waals surface area contributed by atoms with Crippen LogP contribution in [0.25, 0.3) is 0 Å². The number of allylic oxidation sites excluding steroid dienone is 1. The molecule has 2 aliphatic rings. The SMILES string of the molecule is C=C(OCc1ccccc1)C1C2CNCC21. The summed E-state index contributed by atoms with van der Waals surface area (Å²) in [4.78, 5) is 0. The maximum absolute atomic E-state index is 5.77. The minimum absolute atomic E-state index is 0.616. The highest BCUT2D eigenvalue weighted by atomic mass is 16.5. The summed E-state index contributed by atoms with van der Waals surface area (Å²) >= 11 is 0. The Kier molecular flexibility index (Phi) is 2.44. The minimum Gasteiger partial charge on any atom is -0.494 e. The van der Waals surface area contributed by atoms with Crippen LogP contribution in [0, 0.1) is 17.8 Å². The van der Waals surface area contributed by atoms with Gasteiger partial charge in [-0.3, -0.25) is 0 Å². The molecule has 1 aliphatic carbocycles. The molecular weight excluding hydrogens is 198 g/mol. The number of rotatable bonds is 4. The molecule has 1 N–H and O–H groups in total. The predicted molar refractivity (Wildman–Crippen MR) is 63.7 cm³/mol. The number of hydrogen-bond donors (Lipinski definition) is 1. The molecule has 2 atom stereocenters. The van der Waals surface area contributed by atoms with E-state index in [0.717, 1.165) is 30.7 Å². The zero-order valence-electron chi connectivity index (χ0n) is 9.36. The van der Waals surface area contributed by atoms with Gasteiger partial charge in [0.25, 0.3) is 0 Å². The largest absolute Gasteiger partial charge is 0.494 e.